The van der Waals surface area contributed by atoms with Gasteiger partial charge in [-0.3, -0.25) is 4.79 Å². The monoisotopic (exact) mass is 435 g/mol. The van der Waals surface area contributed by atoms with Crippen molar-refractivity contribution in [2.24, 2.45) is 11.7 Å². The first-order chi connectivity index (χ1) is 14.6. The fourth-order valence-corrected chi connectivity index (χ4v) is 4.89. The van der Waals surface area contributed by atoms with Crippen LogP contribution < -0.4 is 5.73 Å². The van der Waals surface area contributed by atoms with Gasteiger partial charge in [0.2, 0.25) is 5.91 Å². The predicted octanol–water partition coefficient (Wildman–Crippen LogP) is 7.54. The van der Waals surface area contributed by atoms with Crippen LogP contribution >= 0.6 is 11.8 Å². The summed E-state index contributed by atoms with van der Waals surface area (Å²) in [5.74, 6) is 0.143. The van der Waals surface area contributed by atoms with E-state index in [4.69, 9.17) is 5.73 Å². The molecule has 0 saturated carbocycles. The van der Waals surface area contributed by atoms with Gasteiger partial charge < -0.3 is 5.73 Å². The van der Waals surface area contributed by atoms with E-state index in [-0.39, 0.29) is 0 Å². The van der Waals surface area contributed by atoms with Crippen molar-refractivity contribution in [3.8, 4) is 11.1 Å². The average Bonchev–Trinajstić information content (AvgIpc) is 2.73. The number of alkyl halides is 1. The fourth-order valence-electron chi connectivity index (χ4n) is 3.49. The molecule has 4 heteroatoms. The van der Waals surface area contributed by atoms with Crippen molar-refractivity contribution in [2.45, 2.75) is 49.9 Å². The lowest BCUT2D eigenvalue weighted by atomic mass is 9.97. The Kier molecular flexibility index (Phi) is 7.22. The SMILES string of the molecule is CC(C)CC(Sc1ccc(-c2ccc(C(C)(C)F)cc2)cc1)c1ccc(C(N)=O)cc1. The van der Waals surface area contributed by atoms with Crippen molar-refractivity contribution >= 4 is 17.7 Å². The van der Waals surface area contributed by atoms with Crippen LogP contribution in [0, 0.1) is 5.92 Å². The number of rotatable bonds is 8. The van der Waals surface area contributed by atoms with E-state index >= 15 is 0 Å². The third-order valence-electron chi connectivity index (χ3n) is 5.29. The van der Waals surface area contributed by atoms with Crippen molar-refractivity contribution in [1.82, 2.24) is 0 Å². The summed E-state index contributed by atoms with van der Waals surface area (Å²) in [6.45, 7) is 7.58. The Bertz CT molecular complexity index is 1000. The standard InChI is InChI=1S/C27H30FNOS/c1-18(2)17-25(21-5-7-22(8-6-21)26(29)30)31-24-15-11-20(12-16-24)19-9-13-23(14-10-19)27(3,4)28/h5-16,18,25H,17H2,1-4H3,(H2,29,30). The lowest BCUT2D eigenvalue weighted by Gasteiger charge is -2.20. The molecule has 0 aromatic heterocycles. The van der Waals surface area contributed by atoms with Crippen LogP contribution in [0.5, 0.6) is 0 Å². The molecule has 0 fully saturated rings. The molecule has 0 bridgehead atoms. The highest BCUT2D eigenvalue weighted by Gasteiger charge is 2.18. The third kappa shape index (κ3) is 6.20. The van der Waals surface area contributed by atoms with Gasteiger partial charge in [-0.2, -0.15) is 0 Å². The van der Waals surface area contributed by atoms with E-state index in [0.717, 1.165) is 17.5 Å². The van der Waals surface area contributed by atoms with Crippen molar-refractivity contribution < 1.29 is 9.18 Å². The summed E-state index contributed by atoms with van der Waals surface area (Å²) in [6, 6.07) is 23.8. The van der Waals surface area contributed by atoms with Gasteiger partial charge in [-0.1, -0.05) is 62.4 Å². The summed E-state index contributed by atoms with van der Waals surface area (Å²) < 4.78 is 14.1. The van der Waals surface area contributed by atoms with E-state index in [1.165, 1.54) is 10.5 Å². The molecule has 0 aliphatic rings. The maximum absolute atomic E-state index is 14.1. The molecule has 2 nitrogen and oxygen atoms in total. The maximum atomic E-state index is 14.1. The van der Waals surface area contributed by atoms with Gasteiger partial charge >= 0.3 is 0 Å². The van der Waals surface area contributed by atoms with Crippen LogP contribution in [-0.4, -0.2) is 5.91 Å². The highest BCUT2D eigenvalue weighted by molar-refractivity contribution is 7.99. The largest absolute Gasteiger partial charge is 0.366 e. The zero-order chi connectivity index (χ0) is 22.6. The molecule has 162 valence electrons. The quantitative estimate of drug-likeness (QED) is 0.371. The minimum absolute atomic E-state index is 0.291. The van der Waals surface area contributed by atoms with E-state index in [2.05, 4.69) is 38.1 Å². The van der Waals surface area contributed by atoms with Crippen LogP contribution in [0.2, 0.25) is 0 Å². The van der Waals surface area contributed by atoms with Gasteiger partial charge in [0.1, 0.15) is 5.67 Å². The van der Waals surface area contributed by atoms with E-state index < -0.39 is 11.6 Å². The number of hydrogen-bond acceptors (Lipinski definition) is 2. The van der Waals surface area contributed by atoms with Crippen LogP contribution in [0.15, 0.2) is 77.7 Å². The number of amides is 1. The molecule has 3 aromatic rings. The minimum Gasteiger partial charge on any atom is -0.366 e. The first-order valence-corrected chi connectivity index (χ1v) is 11.5. The highest BCUT2D eigenvalue weighted by atomic mass is 32.2. The molecule has 3 aromatic carbocycles. The number of carbonyl (C=O) groups excluding carboxylic acids is 1. The Balaban J connectivity index is 1.77. The Hall–Kier alpha value is -2.59. The van der Waals surface area contributed by atoms with E-state index in [0.29, 0.717) is 22.3 Å². The van der Waals surface area contributed by atoms with Crippen molar-refractivity contribution in [1.29, 1.82) is 0 Å². The highest BCUT2D eigenvalue weighted by Crippen LogP contribution is 2.40. The van der Waals surface area contributed by atoms with Crippen molar-refractivity contribution in [3.63, 3.8) is 0 Å². The number of halogens is 1. The number of primary amides is 1. The Morgan fingerprint density at radius 1 is 0.903 bits per heavy atom. The Morgan fingerprint density at radius 3 is 1.87 bits per heavy atom. The smallest absolute Gasteiger partial charge is 0.248 e. The van der Waals surface area contributed by atoms with Crippen LogP contribution in [-0.2, 0) is 5.67 Å². The van der Waals surface area contributed by atoms with Crippen LogP contribution in [0.1, 0.15) is 60.9 Å². The summed E-state index contributed by atoms with van der Waals surface area (Å²) in [5, 5.41) is 0.291. The van der Waals surface area contributed by atoms with Gasteiger partial charge in [0.05, 0.1) is 0 Å². The zero-order valence-electron chi connectivity index (χ0n) is 18.6. The molecule has 1 amide bonds. The van der Waals surface area contributed by atoms with Crippen LogP contribution in [0.3, 0.4) is 0 Å². The van der Waals surface area contributed by atoms with E-state index in [1.807, 2.05) is 48.2 Å². The van der Waals surface area contributed by atoms with Gasteiger partial charge in [0.15, 0.2) is 0 Å². The molecular weight excluding hydrogens is 405 g/mol. The number of thioether (sulfide) groups is 1. The van der Waals surface area contributed by atoms with Gasteiger partial charge in [-0.05, 0) is 72.7 Å². The Morgan fingerprint density at radius 2 is 1.42 bits per heavy atom. The molecular formula is C27H30FNOS. The first-order valence-electron chi connectivity index (χ1n) is 10.6. The molecule has 0 saturated heterocycles. The molecule has 31 heavy (non-hydrogen) atoms. The molecule has 2 N–H and O–H groups in total. The summed E-state index contributed by atoms with van der Waals surface area (Å²) in [5.41, 5.74) is 8.63. The number of benzene rings is 3. The predicted molar refractivity (Wildman–Crippen MR) is 129 cm³/mol. The van der Waals surface area contributed by atoms with Crippen molar-refractivity contribution in [2.75, 3.05) is 0 Å². The Labute approximate surface area is 189 Å². The lowest BCUT2D eigenvalue weighted by Crippen LogP contribution is -2.10. The summed E-state index contributed by atoms with van der Waals surface area (Å²) in [4.78, 5) is 12.6. The van der Waals surface area contributed by atoms with Gasteiger partial charge in [-0.15, -0.1) is 11.8 Å². The summed E-state index contributed by atoms with van der Waals surface area (Å²) in [7, 11) is 0. The second kappa shape index (κ2) is 9.69. The maximum Gasteiger partial charge on any atom is 0.248 e. The molecule has 1 atom stereocenters. The molecule has 0 spiro atoms. The molecule has 0 radical (unpaired) electrons. The van der Waals surface area contributed by atoms with Gasteiger partial charge in [0.25, 0.3) is 0 Å². The summed E-state index contributed by atoms with van der Waals surface area (Å²) >= 11 is 1.83. The second-order valence-electron chi connectivity index (χ2n) is 8.80. The topological polar surface area (TPSA) is 43.1 Å². The van der Waals surface area contributed by atoms with E-state index in [1.54, 1.807) is 26.0 Å². The minimum atomic E-state index is -1.33. The molecule has 3 rings (SSSR count). The second-order valence-corrected chi connectivity index (χ2v) is 10.1. The van der Waals surface area contributed by atoms with Gasteiger partial charge in [-0.25, -0.2) is 4.39 Å². The summed E-state index contributed by atoms with van der Waals surface area (Å²) in [6.07, 6.45) is 1.03. The van der Waals surface area contributed by atoms with E-state index in [9.17, 15) is 9.18 Å². The normalized spacial score (nSPS) is 12.7. The lowest BCUT2D eigenvalue weighted by molar-refractivity contribution is 0.1000. The molecule has 0 heterocycles. The third-order valence-corrected chi connectivity index (χ3v) is 6.58. The fraction of sp³-hybridized carbons (Fsp3) is 0.296. The van der Waals surface area contributed by atoms with Crippen LogP contribution in [0.25, 0.3) is 11.1 Å². The number of hydrogen-bond donors (Lipinski definition) is 1. The molecule has 0 aliphatic heterocycles. The van der Waals surface area contributed by atoms with Crippen molar-refractivity contribution in [3.05, 3.63) is 89.5 Å². The first kappa shape index (κ1) is 23.1. The van der Waals surface area contributed by atoms with Gasteiger partial charge in [0, 0.05) is 15.7 Å². The number of nitrogens with two attached hydrogens (primary N) is 1. The zero-order valence-corrected chi connectivity index (χ0v) is 19.4. The molecule has 1 unspecified atom stereocenters. The van der Waals surface area contributed by atoms with Crippen LogP contribution in [0.4, 0.5) is 4.39 Å². The molecule has 0 aliphatic carbocycles. The number of carbonyl (C=O) groups is 1. The average molecular weight is 436 g/mol.